The lowest BCUT2D eigenvalue weighted by atomic mass is 10.1. The third-order valence-corrected chi connectivity index (χ3v) is 3.60. The average Bonchev–Trinajstić information content (AvgIpc) is 2.76. The molecule has 0 saturated carbocycles. The van der Waals surface area contributed by atoms with Crippen LogP contribution in [0.15, 0.2) is 0 Å². The van der Waals surface area contributed by atoms with Gasteiger partial charge in [-0.15, -0.1) is 0 Å². The van der Waals surface area contributed by atoms with Crippen LogP contribution in [0.1, 0.15) is 58.8 Å². The van der Waals surface area contributed by atoms with Gasteiger partial charge in [0, 0.05) is 12.5 Å². The van der Waals surface area contributed by atoms with E-state index >= 15 is 0 Å². The van der Waals surface area contributed by atoms with Crippen molar-refractivity contribution in [1.82, 2.24) is 4.90 Å². The number of unbranched alkanes of at least 4 members (excludes halogenated alkanes) is 2. The molecule has 0 spiro atoms. The van der Waals surface area contributed by atoms with Gasteiger partial charge in [-0.3, -0.25) is 4.79 Å². The molecule has 3 heteroatoms. The first-order valence-electron chi connectivity index (χ1n) is 7.17. The average molecular weight is 241 g/mol. The van der Waals surface area contributed by atoms with Crippen LogP contribution in [0.3, 0.4) is 0 Å². The summed E-state index contributed by atoms with van der Waals surface area (Å²) in [5, 5.41) is 0. The normalized spacial score (nSPS) is 20.7. The van der Waals surface area contributed by atoms with Crippen molar-refractivity contribution < 1.29 is 9.53 Å². The number of ether oxygens (including phenoxy) is 1. The van der Waals surface area contributed by atoms with E-state index in [0.29, 0.717) is 13.0 Å². The maximum atomic E-state index is 11.1. The van der Waals surface area contributed by atoms with Crippen LogP contribution in [0, 0.1) is 0 Å². The van der Waals surface area contributed by atoms with E-state index in [1.165, 1.54) is 38.8 Å². The van der Waals surface area contributed by atoms with Crippen LogP contribution in [0.2, 0.25) is 0 Å². The van der Waals surface area contributed by atoms with E-state index in [4.69, 9.17) is 4.74 Å². The zero-order valence-electron chi connectivity index (χ0n) is 11.4. The van der Waals surface area contributed by atoms with Crippen molar-refractivity contribution in [3.63, 3.8) is 0 Å². The Bertz CT molecular complexity index is 218. The van der Waals surface area contributed by atoms with E-state index < -0.39 is 0 Å². The molecule has 1 aliphatic rings. The Kier molecular flexibility index (Phi) is 7.25. The molecular formula is C14H27NO2. The summed E-state index contributed by atoms with van der Waals surface area (Å²) in [5.41, 5.74) is 0. The van der Waals surface area contributed by atoms with Gasteiger partial charge in [-0.2, -0.15) is 0 Å². The molecule has 1 fully saturated rings. The van der Waals surface area contributed by atoms with Gasteiger partial charge in [0.25, 0.3) is 0 Å². The Labute approximate surface area is 106 Å². The lowest BCUT2D eigenvalue weighted by Crippen LogP contribution is -2.29. The standard InChI is InChI=1S/C14H27NO2/c1-3-13-9-8-12-15(13)11-7-5-6-10-14(16)17-4-2/h13H,3-12H2,1-2H3. The maximum Gasteiger partial charge on any atom is 0.305 e. The largest absolute Gasteiger partial charge is 0.466 e. The highest BCUT2D eigenvalue weighted by Crippen LogP contribution is 2.20. The Hall–Kier alpha value is -0.570. The molecular weight excluding hydrogens is 214 g/mol. The summed E-state index contributed by atoms with van der Waals surface area (Å²) >= 11 is 0. The van der Waals surface area contributed by atoms with Crippen molar-refractivity contribution in [2.24, 2.45) is 0 Å². The zero-order chi connectivity index (χ0) is 12.5. The Morgan fingerprint density at radius 3 is 2.82 bits per heavy atom. The quantitative estimate of drug-likeness (QED) is 0.483. The summed E-state index contributed by atoms with van der Waals surface area (Å²) in [5.74, 6) is -0.0416. The first-order valence-corrected chi connectivity index (χ1v) is 7.17. The van der Waals surface area contributed by atoms with Crippen molar-refractivity contribution in [2.45, 2.75) is 64.8 Å². The summed E-state index contributed by atoms with van der Waals surface area (Å²) in [6.45, 7) is 7.13. The van der Waals surface area contributed by atoms with E-state index in [1.54, 1.807) is 0 Å². The second kappa shape index (κ2) is 8.51. The molecule has 0 amide bonds. The van der Waals surface area contributed by atoms with Crippen LogP contribution < -0.4 is 0 Å². The van der Waals surface area contributed by atoms with Crippen LogP contribution in [0.4, 0.5) is 0 Å². The van der Waals surface area contributed by atoms with E-state index in [-0.39, 0.29) is 5.97 Å². The van der Waals surface area contributed by atoms with Crippen molar-refractivity contribution in [1.29, 1.82) is 0 Å². The van der Waals surface area contributed by atoms with E-state index in [2.05, 4.69) is 11.8 Å². The van der Waals surface area contributed by atoms with Crippen LogP contribution >= 0.6 is 0 Å². The highest BCUT2D eigenvalue weighted by atomic mass is 16.5. The molecule has 0 aromatic heterocycles. The maximum absolute atomic E-state index is 11.1. The number of carbonyl (C=O) groups excluding carboxylic acids is 1. The number of hydrogen-bond acceptors (Lipinski definition) is 3. The molecule has 0 aliphatic carbocycles. The molecule has 1 aliphatic heterocycles. The predicted octanol–water partition coefficient (Wildman–Crippen LogP) is 2.98. The van der Waals surface area contributed by atoms with Gasteiger partial charge < -0.3 is 9.64 Å². The van der Waals surface area contributed by atoms with Gasteiger partial charge in [-0.25, -0.2) is 0 Å². The Balaban J connectivity index is 1.98. The number of esters is 1. The van der Waals surface area contributed by atoms with Gasteiger partial charge in [-0.1, -0.05) is 13.3 Å². The van der Waals surface area contributed by atoms with Gasteiger partial charge >= 0.3 is 5.97 Å². The number of carbonyl (C=O) groups is 1. The highest BCUT2D eigenvalue weighted by molar-refractivity contribution is 5.69. The third-order valence-electron chi connectivity index (χ3n) is 3.60. The summed E-state index contributed by atoms with van der Waals surface area (Å²) in [6.07, 6.45) is 7.94. The van der Waals surface area contributed by atoms with Crippen molar-refractivity contribution in [3.05, 3.63) is 0 Å². The molecule has 100 valence electrons. The minimum atomic E-state index is -0.0416. The van der Waals surface area contributed by atoms with Gasteiger partial charge in [-0.05, 0) is 52.1 Å². The molecule has 17 heavy (non-hydrogen) atoms. The zero-order valence-corrected chi connectivity index (χ0v) is 11.4. The van der Waals surface area contributed by atoms with Gasteiger partial charge in [0.15, 0.2) is 0 Å². The van der Waals surface area contributed by atoms with Gasteiger partial charge in [0.1, 0.15) is 0 Å². The second-order valence-corrected chi connectivity index (χ2v) is 4.86. The van der Waals surface area contributed by atoms with Crippen LogP contribution in [-0.2, 0) is 9.53 Å². The first-order chi connectivity index (χ1) is 8.27. The highest BCUT2D eigenvalue weighted by Gasteiger charge is 2.21. The molecule has 0 N–H and O–H groups in total. The summed E-state index contributed by atoms with van der Waals surface area (Å²) in [4.78, 5) is 13.7. The molecule has 1 rings (SSSR count). The number of nitrogens with zero attached hydrogens (tertiary/aromatic N) is 1. The molecule has 1 saturated heterocycles. The topological polar surface area (TPSA) is 29.5 Å². The van der Waals surface area contributed by atoms with Crippen molar-refractivity contribution in [3.8, 4) is 0 Å². The number of hydrogen-bond donors (Lipinski definition) is 0. The molecule has 0 aromatic carbocycles. The minimum Gasteiger partial charge on any atom is -0.466 e. The van der Waals surface area contributed by atoms with E-state index in [0.717, 1.165) is 18.9 Å². The van der Waals surface area contributed by atoms with Crippen molar-refractivity contribution >= 4 is 5.97 Å². The van der Waals surface area contributed by atoms with Crippen molar-refractivity contribution in [2.75, 3.05) is 19.7 Å². The molecule has 1 heterocycles. The number of rotatable bonds is 8. The molecule has 3 nitrogen and oxygen atoms in total. The van der Waals surface area contributed by atoms with Gasteiger partial charge in [0.2, 0.25) is 0 Å². The smallest absolute Gasteiger partial charge is 0.305 e. The summed E-state index contributed by atoms with van der Waals surface area (Å²) in [6, 6.07) is 0.819. The van der Waals surface area contributed by atoms with Crippen LogP contribution in [0.25, 0.3) is 0 Å². The lowest BCUT2D eigenvalue weighted by Gasteiger charge is -2.22. The first kappa shape index (κ1) is 14.5. The van der Waals surface area contributed by atoms with E-state index in [1.807, 2.05) is 6.92 Å². The van der Waals surface area contributed by atoms with E-state index in [9.17, 15) is 4.79 Å². The lowest BCUT2D eigenvalue weighted by molar-refractivity contribution is -0.143. The third kappa shape index (κ3) is 5.53. The second-order valence-electron chi connectivity index (χ2n) is 4.86. The summed E-state index contributed by atoms with van der Waals surface area (Å²) < 4.78 is 4.91. The molecule has 0 radical (unpaired) electrons. The molecule has 0 aromatic rings. The molecule has 1 atom stereocenters. The monoisotopic (exact) mass is 241 g/mol. The minimum absolute atomic E-state index is 0.0416. The SMILES string of the molecule is CCOC(=O)CCCCCN1CCCC1CC. The fraction of sp³-hybridized carbons (Fsp3) is 0.929. The molecule has 0 bridgehead atoms. The molecule has 1 unspecified atom stereocenters. The fourth-order valence-corrected chi connectivity index (χ4v) is 2.65. The Morgan fingerprint density at radius 1 is 1.29 bits per heavy atom. The fourth-order valence-electron chi connectivity index (χ4n) is 2.65. The Morgan fingerprint density at radius 2 is 2.12 bits per heavy atom. The van der Waals surface area contributed by atoms with Crippen LogP contribution in [-0.4, -0.2) is 36.6 Å². The summed E-state index contributed by atoms with van der Waals surface area (Å²) in [7, 11) is 0. The van der Waals surface area contributed by atoms with Crippen LogP contribution in [0.5, 0.6) is 0 Å². The van der Waals surface area contributed by atoms with Gasteiger partial charge in [0.05, 0.1) is 6.61 Å². The number of likely N-dealkylation sites (tertiary alicyclic amines) is 1. The predicted molar refractivity (Wildman–Crippen MR) is 70.0 cm³/mol.